The number of ether oxygens (including phenoxy) is 3. The highest BCUT2D eigenvalue weighted by Crippen LogP contribution is 2.11. The molecule has 0 aliphatic heterocycles. The number of rotatable bonds is 39. The van der Waals surface area contributed by atoms with Crippen molar-refractivity contribution < 1.29 is 28.6 Å². The Morgan fingerprint density at radius 2 is 0.689 bits per heavy atom. The lowest BCUT2D eigenvalue weighted by molar-refractivity contribution is -0.167. The second-order valence-electron chi connectivity index (χ2n) is 14.6. The fourth-order valence-electron chi connectivity index (χ4n) is 5.51. The van der Waals surface area contributed by atoms with E-state index in [-0.39, 0.29) is 50.4 Å². The maximum Gasteiger partial charge on any atom is 0.306 e. The van der Waals surface area contributed by atoms with Gasteiger partial charge in [-0.05, 0) is 103 Å². The molecule has 0 aliphatic carbocycles. The quantitative estimate of drug-likeness (QED) is 0.0202. The van der Waals surface area contributed by atoms with Crippen LogP contribution >= 0.6 is 0 Å². The van der Waals surface area contributed by atoms with E-state index in [9.17, 15) is 14.4 Å². The van der Waals surface area contributed by atoms with Crippen molar-refractivity contribution in [3.8, 4) is 0 Å². The van der Waals surface area contributed by atoms with E-state index >= 15 is 0 Å². The minimum absolute atomic E-state index is 0.139. The minimum Gasteiger partial charge on any atom is -0.462 e. The molecular formula is C55H82O6. The van der Waals surface area contributed by atoms with Gasteiger partial charge in [-0.1, -0.05) is 186 Å². The van der Waals surface area contributed by atoms with Crippen molar-refractivity contribution in [2.75, 3.05) is 13.2 Å². The smallest absolute Gasteiger partial charge is 0.306 e. The molecule has 0 N–H and O–H groups in total. The van der Waals surface area contributed by atoms with Gasteiger partial charge in [-0.15, -0.1) is 0 Å². The van der Waals surface area contributed by atoms with Crippen molar-refractivity contribution in [3.05, 3.63) is 146 Å². The summed E-state index contributed by atoms with van der Waals surface area (Å²) in [5, 5.41) is 0. The first-order valence-electron chi connectivity index (χ1n) is 23.4. The second kappa shape index (κ2) is 48.0. The summed E-state index contributed by atoms with van der Waals surface area (Å²) < 4.78 is 16.6. The van der Waals surface area contributed by atoms with Gasteiger partial charge in [0.05, 0.1) is 0 Å². The van der Waals surface area contributed by atoms with Crippen molar-refractivity contribution in [1.82, 2.24) is 0 Å². The number of allylic oxidation sites excluding steroid dienone is 24. The van der Waals surface area contributed by atoms with Crippen LogP contribution in [0.4, 0.5) is 0 Å². The molecule has 0 aliphatic rings. The Bertz CT molecular complexity index is 1430. The molecular weight excluding hydrogens is 757 g/mol. The van der Waals surface area contributed by atoms with Crippen LogP contribution in [-0.2, 0) is 28.6 Å². The van der Waals surface area contributed by atoms with Crippen LogP contribution in [0.3, 0.4) is 0 Å². The van der Waals surface area contributed by atoms with Crippen molar-refractivity contribution in [2.24, 2.45) is 0 Å². The van der Waals surface area contributed by atoms with Crippen LogP contribution in [0.25, 0.3) is 0 Å². The van der Waals surface area contributed by atoms with Crippen LogP contribution in [0.2, 0.25) is 0 Å². The molecule has 0 saturated heterocycles. The Kier molecular flexibility index (Phi) is 44.3. The summed E-state index contributed by atoms with van der Waals surface area (Å²) in [6, 6.07) is 0. The van der Waals surface area contributed by atoms with Crippen LogP contribution in [0.5, 0.6) is 0 Å². The lowest BCUT2D eigenvalue weighted by atomic mass is 10.1. The third kappa shape index (κ3) is 46.2. The molecule has 6 nitrogen and oxygen atoms in total. The maximum atomic E-state index is 12.7. The lowest BCUT2D eigenvalue weighted by Crippen LogP contribution is -2.30. The average Bonchev–Trinajstić information content (AvgIpc) is 3.26. The fourth-order valence-corrected chi connectivity index (χ4v) is 5.51. The summed E-state index contributed by atoms with van der Waals surface area (Å²) in [7, 11) is 0. The number of hydrogen-bond donors (Lipinski definition) is 0. The van der Waals surface area contributed by atoms with Crippen LogP contribution in [0, 0.1) is 0 Å². The third-order valence-electron chi connectivity index (χ3n) is 8.91. The topological polar surface area (TPSA) is 78.9 Å². The fraction of sp³-hybridized carbons (Fsp3) is 0.509. The summed E-state index contributed by atoms with van der Waals surface area (Å²) in [6.45, 7) is 6.11. The van der Waals surface area contributed by atoms with E-state index in [1.54, 1.807) is 0 Å². The first-order valence-corrected chi connectivity index (χ1v) is 23.4. The molecule has 6 heteroatoms. The zero-order valence-corrected chi connectivity index (χ0v) is 38.4. The normalized spacial score (nSPS) is 13.4. The Hall–Kier alpha value is -4.71. The van der Waals surface area contributed by atoms with Gasteiger partial charge in [0.15, 0.2) is 6.10 Å². The molecule has 0 bridgehead atoms. The number of hydrogen-bond acceptors (Lipinski definition) is 6. The molecule has 0 saturated carbocycles. The molecule has 1 unspecified atom stereocenters. The van der Waals surface area contributed by atoms with E-state index in [4.69, 9.17) is 14.2 Å². The number of esters is 3. The molecule has 0 fully saturated rings. The van der Waals surface area contributed by atoms with E-state index in [1.165, 1.54) is 0 Å². The first-order chi connectivity index (χ1) is 30.0. The highest BCUT2D eigenvalue weighted by molar-refractivity contribution is 5.71. The van der Waals surface area contributed by atoms with Gasteiger partial charge < -0.3 is 14.2 Å². The van der Waals surface area contributed by atoms with Crippen LogP contribution < -0.4 is 0 Å². The molecule has 0 heterocycles. The molecule has 0 aromatic rings. The first kappa shape index (κ1) is 56.3. The van der Waals surface area contributed by atoms with Gasteiger partial charge in [0, 0.05) is 19.3 Å². The SMILES string of the molecule is CC\C=C/C=C\C=C/C=C\CCCCCCCC(=O)OC(COC(=O)CCC/C=C\C/C=C\C/C=C\CC)COC(=O)CCC/C=C\C/C=C\C/C=C\C/C=C\C/C=C\CC. The van der Waals surface area contributed by atoms with Gasteiger partial charge in [0.1, 0.15) is 13.2 Å². The Morgan fingerprint density at radius 1 is 0.344 bits per heavy atom. The molecule has 0 amide bonds. The summed E-state index contributed by atoms with van der Waals surface area (Å²) in [5.74, 6) is -1.09. The van der Waals surface area contributed by atoms with Gasteiger partial charge in [-0.25, -0.2) is 0 Å². The van der Waals surface area contributed by atoms with Crippen molar-refractivity contribution in [3.63, 3.8) is 0 Å². The molecule has 0 spiro atoms. The predicted molar refractivity (Wildman–Crippen MR) is 260 cm³/mol. The monoisotopic (exact) mass is 839 g/mol. The average molecular weight is 839 g/mol. The van der Waals surface area contributed by atoms with E-state index in [0.717, 1.165) is 109 Å². The Morgan fingerprint density at radius 3 is 1.15 bits per heavy atom. The standard InChI is InChI=1S/C55H82O6/c1-4-7-10-13-16-19-22-24-26-27-29-30-33-36-39-42-45-48-54(57)60-51-52(50-59-53(56)47-44-41-38-35-32-21-18-15-12-9-6-3)61-55(58)49-46-43-40-37-34-31-28-25-23-20-17-14-11-8-5-2/h7-12,14,16-21,23-26,28-30,35-36,38-39,52H,4-6,13,15,22,27,31-34,37,40-51H2,1-3H3/b10-7-,11-8-,12-9-,17-14-,19-16-,21-18-,23-20-,26-24-,28-25-,30-29-,38-35-,39-36-. The second-order valence-corrected chi connectivity index (χ2v) is 14.6. The molecule has 0 rings (SSSR count). The van der Waals surface area contributed by atoms with Crippen LogP contribution in [0.15, 0.2) is 146 Å². The maximum absolute atomic E-state index is 12.7. The zero-order chi connectivity index (χ0) is 44.4. The van der Waals surface area contributed by atoms with Gasteiger partial charge in [-0.3, -0.25) is 14.4 Å². The largest absolute Gasteiger partial charge is 0.462 e. The molecule has 338 valence electrons. The molecule has 1 atom stereocenters. The number of carbonyl (C=O) groups is 3. The summed E-state index contributed by atoms with van der Waals surface area (Å²) in [5.41, 5.74) is 0. The Labute approximate surface area is 372 Å². The van der Waals surface area contributed by atoms with Crippen molar-refractivity contribution in [1.29, 1.82) is 0 Å². The van der Waals surface area contributed by atoms with Crippen molar-refractivity contribution in [2.45, 2.75) is 168 Å². The number of unbranched alkanes of at least 4 members (excludes halogenated alkanes) is 7. The number of carbonyl (C=O) groups excluding carboxylic acids is 3. The zero-order valence-electron chi connectivity index (χ0n) is 38.4. The lowest BCUT2D eigenvalue weighted by Gasteiger charge is -2.18. The molecule has 0 radical (unpaired) electrons. The molecule has 0 aromatic carbocycles. The minimum atomic E-state index is -0.839. The summed E-state index contributed by atoms with van der Waals surface area (Å²) >= 11 is 0. The third-order valence-corrected chi connectivity index (χ3v) is 8.91. The Balaban J connectivity index is 4.61. The van der Waals surface area contributed by atoms with Crippen molar-refractivity contribution >= 4 is 17.9 Å². The predicted octanol–water partition coefficient (Wildman–Crippen LogP) is 15.3. The van der Waals surface area contributed by atoms with Gasteiger partial charge in [0.2, 0.25) is 0 Å². The van der Waals surface area contributed by atoms with E-state index < -0.39 is 6.10 Å². The van der Waals surface area contributed by atoms with E-state index in [2.05, 4.69) is 142 Å². The van der Waals surface area contributed by atoms with Crippen LogP contribution in [0.1, 0.15) is 162 Å². The van der Waals surface area contributed by atoms with E-state index in [1.807, 2.05) is 24.3 Å². The highest BCUT2D eigenvalue weighted by Gasteiger charge is 2.19. The summed E-state index contributed by atoms with van der Waals surface area (Å²) in [4.78, 5) is 37.8. The summed E-state index contributed by atoms with van der Waals surface area (Å²) in [6.07, 6.45) is 68.4. The van der Waals surface area contributed by atoms with Crippen LogP contribution in [-0.4, -0.2) is 37.2 Å². The highest BCUT2D eigenvalue weighted by atomic mass is 16.6. The van der Waals surface area contributed by atoms with Gasteiger partial charge in [-0.2, -0.15) is 0 Å². The van der Waals surface area contributed by atoms with Gasteiger partial charge >= 0.3 is 17.9 Å². The molecule has 61 heavy (non-hydrogen) atoms. The van der Waals surface area contributed by atoms with E-state index in [0.29, 0.717) is 12.8 Å². The van der Waals surface area contributed by atoms with Gasteiger partial charge in [0.25, 0.3) is 0 Å². The molecule has 0 aromatic heterocycles.